The highest BCUT2D eigenvalue weighted by molar-refractivity contribution is 5.90. The fourth-order valence-corrected chi connectivity index (χ4v) is 2.24. The molecule has 7 heteroatoms. The molecule has 0 aliphatic heterocycles. The van der Waals surface area contributed by atoms with Crippen LogP contribution in [0.4, 0.5) is 0 Å². The molecule has 0 aliphatic carbocycles. The first-order valence-corrected chi connectivity index (χ1v) is 8.39. The summed E-state index contributed by atoms with van der Waals surface area (Å²) in [4.78, 5) is 24.1. The molecule has 2 aromatic heterocycles. The molecule has 1 atom stereocenters. The normalized spacial score (nSPS) is 11.6. The first-order chi connectivity index (χ1) is 13.1. The van der Waals surface area contributed by atoms with Gasteiger partial charge in [0, 0.05) is 0 Å². The number of hydrogen-bond acceptors (Lipinski definition) is 6. The molecule has 3 aromatic rings. The Kier molecular flexibility index (Phi) is 5.94. The molecule has 0 aliphatic rings. The molecule has 1 amide bonds. The fourth-order valence-electron chi connectivity index (χ4n) is 2.24. The first-order valence-electron chi connectivity index (χ1n) is 8.39. The summed E-state index contributed by atoms with van der Waals surface area (Å²) in [6.45, 7) is 1.88. The van der Waals surface area contributed by atoms with Crippen molar-refractivity contribution in [2.24, 2.45) is 0 Å². The molecule has 3 rings (SSSR count). The zero-order chi connectivity index (χ0) is 19.1. The van der Waals surface area contributed by atoms with Crippen LogP contribution in [-0.4, -0.2) is 18.0 Å². The lowest BCUT2D eigenvalue weighted by Gasteiger charge is -2.12. The topological polar surface area (TPSA) is 90.9 Å². The lowest BCUT2D eigenvalue weighted by molar-refractivity contribution is -0.129. The third kappa shape index (κ3) is 5.24. The van der Waals surface area contributed by atoms with Gasteiger partial charge in [-0.15, -0.1) is 0 Å². The average molecular weight is 369 g/mol. The molecular formula is C20H19NO6. The van der Waals surface area contributed by atoms with Crippen molar-refractivity contribution in [3.63, 3.8) is 0 Å². The zero-order valence-corrected chi connectivity index (χ0v) is 14.7. The number of nitrogens with one attached hydrogen (secondary N) is 1. The number of ether oxygens (including phenoxy) is 2. The third-order valence-corrected chi connectivity index (χ3v) is 3.66. The van der Waals surface area contributed by atoms with Crippen molar-refractivity contribution >= 4 is 11.9 Å². The van der Waals surface area contributed by atoms with Gasteiger partial charge in [-0.2, -0.15) is 0 Å². The molecule has 0 radical (unpaired) electrons. The van der Waals surface area contributed by atoms with Gasteiger partial charge in [0.25, 0.3) is 5.91 Å². The van der Waals surface area contributed by atoms with Crippen LogP contribution in [0.5, 0.6) is 5.75 Å². The largest absolute Gasteiger partial charge is 0.486 e. The van der Waals surface area contributed by atoms with Crippen molar-refractivity contribution in [3.8, 4) is 5.75 Å². The Morgan fingerprint density at radius 2 is 1.85 bits per heavy atom. The van der Waals surface area contributed by atoms with Crippen molar-refractivity contribution in [3.05, 3.63) is 78.1 Å². The molecule has 1 N–H and O–H groups in total. The number of amides is 1. The Morgan fingerprint density at radius 3 is 2.59 bits per heavy atom. The molecule has 7 nitrogen and oxygen atoms in total. The van der Waals surface area contributed by atoms with Gasteiger partial charge in [-0.05, 0) is 43.3 Å². The minimum absolute atomic E-state index is 0.00680. The molecule has 0 bridgehead atoms. The van der Waals surface area contributed by atoms with Gasteiger partial charge in [-0.3, -0.25) is 4.79 Å². The predicted octanol–water partition coefficient (Wildman–Crippen LogP) is 3.31. The molecule has 0 spiro atoms. The van der Waals surface area contributed by atoms with Gasteiger partial charge >= 0.3 is 5.97 Å². The standard InChI is InChI=1S/C20H19NO6/c1-14(19(22)21-12-16-8-5-11-24-16)26-20(23)18-10-9-17(27-18)13-25-15-6-3-2-4-7-15/h2-11,14H,12-13H2,1H3,(H,21,22). The van der Waals surface area contributed by atoms with Crippen LogP contribution in [0.3, 0.4) is 0 Å². The van der Waals surface area contributed by atoms with E-state index in [1.165, 1.54) is 19.3 Å². The number of hydrogen-bond donors (Lipinski definition) is 1. The lowest BCUT2D eigenvalue weighted by atomic mass is 10.3. The fraction of sp³-hybridized carbons (Fsp3) is 0.200. The third-order valence-electron chi connectivity index (χ3n) is 3.66. The second-order valence-corrected chi connectivity index (χ2v) is 5.71. The Balaban J connectivity index is 1.47. The van der Waals surface area contributed by atoms with E-state index in [0.717, 1.165) is 0 Å². The highest BCUT2D eigenvalue weighted by Crippen LogP contribution is 2.15. The minimum Gasteiger partial charge on any atom is -0.486 e. The van der Waals surface area contributed by atoms with Gasteiger partial charge in [0.2, 0.25) is 5.76 Å². The van der Waals surface area contributed by atoms with Gasteiger partial charge in [0.1, 0.15) is 23.9 Å². The van der Waals surface area contributed by atoms with Gasteiger partial charge in [-0.1, -0.05) is 18.2 Å². The highest BCUT2D eigenvalue weighted by Gasteiger charge is 2.21. The Bertz CT molecular complexity index is 869. The molecule has 1 unspecified atom stereocenters. The van der Waals surface area contributed by atoms with Crippen molar-refractivity contribution in [1.82, 2.24) is 5.32 Å². The first kappa shape index (κ1) is 18.3. The number of benzene rings is 1. The van der Waals surface area contributed by atoms with E-state index in [4.69, 9.17) is 18.3 Å². The van der Waals surface area contributed by atoms with Crippen molar-refractivity contribution in [1.29, 1.82) is 0 Å². The summed E-state index contributed by atoms with van der Waals surface area (Å²) in [5, 5.41) is 2.62. The summed E-state index contributed by atoms with van der Waals surface area (Å²) >= 11 is 0. The highest BCUT2D eigenvalue weighted by atomic mass is 16.6. The van der Waals surface area contributed by atoms with Gasteiger partial charge in [-0.25, -0.2) is 4.79 Å². The minimum atomic E-state index is -0.971. The van der Waals surface area contributed by atoms with Crippen LogP contribution in [-0.2, 0) is 22.7 Å². The molecular weight excluding hydrogens is 350 g/mol. The second-order valence-electron chi connectivity index (χ2n) is 5.71. The Morgan fingerprint density at radius 1 is 1.04 bits per heavy atom. The summed E-state index contributed by atoms with van der Waals surface area (Å²) < 4.78 is 21.2. The molecule has 27 heavy (non-hydrogen) atoms. The van der Waals surface area contributed by atoms with Crippen LogP contribution in [0.1, 0.15) is 29.0 Å². The molecule has 0 saturated heterocycles. The van der Waals surface area contributed by atoms with Crippen LogP contribution in [0.15, 0.2) is 69.7 Å². The van der Waals surface area contributed by atoms with E-state index in [0.29, 0.717) is 17.3 Å². The summed E-state index contributed by atoms with van der Waals surface area (Å²) in [6.07, 6.45) is 0.544. The summed E-state index contributed by atoms with van der Waals surface area (Å²) in [5.74, 6) is 0.629. The molecule has 0 saturated carbocycles. The lowest BCUT2D eigenvalue weighted by Crippen LogP contribution is -2.35. The monoisotopic (exact) mass is 369 g/mol. The van der Waals surface area contributed by atoms with Crippen LogP contribution < -0.4 is 10.1 Å². The van der Waals surface area contributed by atoms with Crippen LogP contribution in [0, 0.1) is 0 Å². The number of para-hydroxylation sites is 1. The number of esters is 1. The average Bonchev–Trinajstić information content (AvgIpc) is 3.37. The molecule has 140 valence electrons. The van der Waals surface area contributed by atoms with E-state index >= 15 is 0 Å². The van der Waals surface area contributed by atoms with Crippen LogP contribution in [0.2, 0.25) is 0 Å². The number of carbonyl (C=O) groups excluding carboxylic acids is 2. The molecule has 2 heterocycles. The number of carbonyl (C=O) groups is 2. The van der Waals surface area contributed by atoms with Crippen LogP contribution >= 0.6 is 0 Å². The Hall–Kier alpha value is -3.48. The zero-order valence-electron chi connectivity index (χ0n) is 14.7. The van der Waals surface area contributed by atoms with E-state index in [2.05, 4.69) is 5.32 Å². The van der Waals surface area contributed by atoms with E-state index in [-0.39, 0.29) is 18.9 Å². The van der Waals surface area contributed by atoms with E-state index in [9.17, 15) is 9.59 Å². The quantitative estimate of drug-likeness (QED) is 0.613. The number of furan rings is 2. The molecule has 1 aromatic carbocycles. The number of rotatable bonds is 8. The maximum Gasteiger partial charge on any atom is 0.375 e. The van der Waals surface area contributed by atoms with E-state index in [1.54, 1.807) is 18.2 Å². The van der Waals surface area contributed by atoms with Gasteiger partial charge < -0.3 is 23.6 Å². The SMILES string of the molecule is CC(OC(=O)c1ccc(COc2ccccc2)o1)C(=O)NCc1ccco1. The second kappa shape index (κ2) is 8.75. The predicted molar refractivity (Wildman–Crippen MR) is 94.9 cm³/mol. The summed E-state index contributed by atoms with van der Waals surface area (Å²) in [6, 6.07) is 15.8. The summed E-state index contributed by atoms with van der Waals surface area (Å²) in [5.41, 5.74) is 0. The maximum absolute atomic E-state index is 12.1. The van der Waals surface area contributed by atoms with Gasteiger partial charge in [0.05, 0.1) is 12.8 Å². The molecule has 0 fully saturated rings. The van der Waals surface area contributed by atoms with Crippen molar-refractivity contribution < 1.29 is 27.9 Å². The van der Waals surface area contributed by atoms with Crippen molar-refractivity contribution in [2.75, 3.05) is 0 Å². The maximum atomic E-state index is 12.1. The Labute approximate surface area is 155 Å². The van der Waals surface area contributed by atoms with E-state index in [1.807, 2.05) is 30.3 Å². The summed E-state index contributed by atoms with van der Waals surface area (Å²) in [7, 11) is 0. The van der Waals surface area contributed by atoms with Gasteiger partial charge in [0.15, 0.2) is 6.10 Å². The van der Waals surface area contributed by atoms with Crippen LogP contribution in [0.25, 0.3) is 0 Å². The van der Waals surface area contributed by atoms with E-state index < -0.39 is 18.0 Å². The van der Waals surface area contributed by atoms with Crippen molar-refractivity contribution in [2.45, 2.75) is 26.2 Å². The smallest absolute Gasteiger partial charge is 0.375 e.